The molecule has 1 unspecified atom stereocenters. The SMILES string of the molecule is COc1ccc(Br)c(CN2CCC(C(C)Cl)CC2)c1. The Balaban J connectivity index is 1.95. The molecule has 19 heavy (non-hydrogen) atoms. The summed E-state index contributed by atoms with van der Waals surface area (Å²) in [6.45, 7) is 5.35. The first-order valence-electron chi connectivity index (χ1n) is 6.79. The minimum Gasteiger partial charge on any atom is -0.497 e. The maximum atomic E-state index is 6.19. The third-order valence-electron chi connectivity index (χ3n) is 3.93. The first-order valence-corrected chi connectivity index (χ1v) is 8.02. The van der Waals surface area contributed by atoms with E-state index in [1.165, 1.54) is 18.4 Å². The smallest absolute Gasteiger partial charge is 0.119 e. The zero-order valence-corrected chi connectivity index (χ0v) is 13.9. The third kappa shape index (κ3) is 4.11. The van der Waals surface area contributed by atoms with Crippen molar-refractivity contribution in [2.75, 3.05) is 20.2 Å². The Morgan fingerprint density at radius 2 is 2.11 bits per heavy atom. The summed E-state index contributed by atoms with van der Waals surface area (Å²) in [7, 11) is 1.71. The molecule has 0 N–H and O–H groups in total. The van der Waals surface area contributed by atoms with Gasteiger partial charge in [0, 0.05) is 16.4 Å². The summed E-state index contributed by atoms with van der Waals surface area (Å²) in [5.41, 5.74) is 1.29. The van der Waals surface area contributed by atoms with E-state index in [9.17, 15) is 0 Å². The lowest BCUT2D eigenvalue weighted by molar-refractivity contribution is 0.176. The maximum absolute atomic E-state index is 6.19. The first-order chi connectivity index (χ1) is 9.10. The van der Waals surface area contributed by atoms with E-state index in [2.05, 4.69) is 39.9 Å². The Kier molecular flexibility index (Phi) is 5.55. The number of nitrogens with zero attached hydrogens (tertiary/aromatic N) is 1. The number of hydrogen-bond acceptors (Lipinski definition) is 2. The van der Waals surface area contributed by atoms with Crippen LogP contribution in [0.15, 0.2) is 22.7 Å². The number of alkyl halides is 1. The van der Waals surface area contributed by atoms with Crippen LogP contribution in [0.4, 0.5) is 0 Å². The number of methoxy groups -OCH3 is 1. The van der Waals surface area contributed by atoms with Gasteiger partial charge >= 0.3 is 0 Å². The van der Waals surface area contributed by atoms with Gasteiger partial charge in [-0.15, -0.1) is 11.6 Å². The van der Waals surface area contributed by atoms with Gasteiger partial charge in [-0.25, -0.2) is 0 Å². The third-order valence-corrected chi connectivity index (χ3v) is 5.06. The van der Waals surface area contributed by atoms with Crippen LogP contribution in [0.2, 0.25) is 0 Å². The minimum absolute atomic E-state index is 0.297. The number of likely N-dealkylation sites (tertiary alicyclic amines) is 1. The molecule has 0 aliphatic carbocycles. The monoisotopic (exact) mass is 345 g/mol. The molecule has 2 nitrogen and oxygen atoms in total. The van der Waals surface area contributed by atoms with Crippen molar-refractivity contribution in [2.24, 2.45) is 5.92 Å². The molecular weight excluding hydrogens is 326 g/mol. The highest BCUT2D eigenvalue weighted by Crippen LogP contribution is 2.28. The van der Waals surface area contributed by atoms with E-state index in [4.69, 9.17) is 16.3 Å². The lowest BCUT2D eigenvalue weighted by Gasteiger charge is -2.33. The Bertz CT molecular complexity index is 417. The van der Waals surface area contributed by atoms with E-state index in [1.807, 2.05) is 6.07 Å². The number of benzene rings is 1. The molecule has 1 fully saturated rings. The molecule has 0 radical (unpaired) electrons. The molecule has 1 aliphatic heterocycles. The van der Waals surface area contributed by atoms with Crippen molar-refractivity contribution in [2.45, 2.75) is 31.7 Å². The van der Waals surface area contributed by atoms with Crippen LogP contribution in [0.1, 0.15) is 25.3 Å². The van der Waals surface area contributed by atoms with Crippen LogP contribution in [0.5, 0.6) is 5.75 Å². The number of halogens is 2. The normalized spacial score (nSPS) is 19.4. The van der Waals surface area contributed by atoms with Gasteiger partial charge in [0.15, 0.2) is 0 Å². The average molecular weight is 347 g/mol. The van der Waals surface area contributed by atoms with Gasteiger partial charge in [0.25, 0.3) is 0 Å². The van der Waals surface area contributed by atoms with E-state index in [0.717, 1.165) is 29.9 Å². The molecule has 0 bridgehead atoms. The fourth-order valence-electron chi connectivity index (χ4n) is 2.61. The number of piperidine rings is 1. The fourth-order valence-corrected chi connectivity index (χ4v) is 3.23. The van der Waals surface area contributed by atoms with Gasteiger partial charge in [-0.1, -0.05) is 15.9 Å². The maximum Gasteiger partial charge on any atom is 0.119 e. The summed E-state index contributed by atoms with van der Waals surface area (Å²) in [6, 6.07) is 6.15. The summed E-state index contributed by atoms with van der Waals surface area (Å²) in [5, 5.41) is 0.297. The number of ether oxygens (including phenoxy) is 1. The van der Waals surface area contributed by atoms with Crippen LogP contribution < -0.4 is 4.74 Å². The minimum atomic E-state index is 0.297. The highest BCUT2D eigenvalue weighted by Gasteiger charge is 2.22. The number of hydrogen-bond donors (Lipinski definition) is 0. The highest BCUT2D eigenvalue weighted by atomic mass is 79.9. The Morgan fingerprint density at radius 3 is 2.68 bits per heavy atom. The summed E-state index contributed by atoms with van der Waals surface area (Å²) in [4.78, 5) is 2.50. The van der Waals surface area contributed by atoms with Crippen molar-refractivity contribution in [3.63, 3.8) is 0 Å². The van der Waals surface area contributed by atoms with Gasteiger partial charge in [-0.2, -0.15) is 0 Å². The van der Waals surface area contributed by atoms with Crippen molar-refractivity contribution in [3.05, 3.63) is 28.2 Å². The molecule has 1 heterocycles. The number of rotatable bonds is 4. The summed E-state index contributed by atoms with van der Waals surface area (Å²) >= 11 is 9.80. The van der Waals surface area contributed by atoms with Crippen molar-refractivity contribution < 1.29 is 4.74 Å². The first kappa shape index (κ1) is 15.1. The molecule has 1 aromatic carbocycles. The molecule has 1 saturated heterocycles. The molecular formula is C15H21BrClNO. The largest absolute Gasteiger partial charge is 0.497 e. The zero-order valence-electron chi connectivity index (χ0n) is 11.5. The molecule has 0 aromatic heterocycles. The second-order valence-electron chi connectivity index (χ2n) is 5.25. The Hall–Kier alpha value is -0.250. The van der Waals surface area contributed by atoms with E-state index in [-0.39, 0.29) is 0 Å². The standard InChI is InChI=1S/C15H21BrClNO/c1-11(17)12-5-7-18(8-6-12)10-13-9-14(19-2)3-4-15(13)16/h3-4,9,11-12H,5-8,10H2,1-2H3. The second kappa shape index (κ2) is 6.96. The Morgan fingerprint density at radius 1 is 1.42 bits per heavy atom. The topological polar surface area (TPSA) is 12.5 Å². The molecule has 0 saturated carbocycles. The molecule has 0 spiro atoms. The Labute approximate surface area is 129 Å². The van der Waals surface area contributed by atoms with Gasteiger partial charge in [0.1, 0.15) is 5.75 Å². The van der Waals surface area contributed by atoms with Gasteiger partial charge in [-0.3, -0.25) is 4.90 Å². The second-order valence-corrected chi connectivity index (χ2v) is 6.79. The van der Waals surface area contributed by atoms with Gasteiger partial charge in [0.2, 0.25) is 0 Å². The van der Waals surface area contributed by atoms with Crippen molar-refractivity contribution in [1.29, 1.82) is 0 Å². The van der Waals surface area contributed by atoms with E-state index in [0.29, 0.717) is 11.3 Å². The van der Waals surface area contributed by atoms with Gasteiger partial charge < -0.3 is 4.74 Å². The molecule has 1 atom stereocenters. The average Bonchev–Trinajstić information content (AvgIpc) is 2.42. The lowest BCUT2D eigenvalue weighted by atomic mass is 9.94. The van der Waals surface area contributed by atoms with Gasteiger partial charge in [-0.05, 0) is 62.5 Å². The summed E-state index contributed by atoms with van der Waals surface area (Å²) < 4.78 is 6.44. The van der Waals surface area contributed by atoms with E-state index in [1.54, 1.807) is 7.11 Å². The zero-order chi connectivity index (χ0) is 13.8. The summed E-state index contributed by atoms with van der Waals surface area (Å²) in [6.07, 6.45) is 2.40. The van der Waals surface area contributed by atoms with Crippen LogP contribution >= 0.6 is 27.5 Å². The highest BCUT2D eigenvalue weighted by molar-refractivity contribution is 9.10. The van der Waals surface area contributed by atoms with Crippen molar-refractivity contribution in [1.82, 2.24) is 4.90 Å². The van der Waals surface area contributed by atoms with Crippen LogP contribution in [0.3, 0.4) is 0 Å². The summed E-state index contributed by atoms with van der Waals surface area (Å²) in [5.74, 6) is 1.59. The van der Waals surface area contributed by atoms with Crippen molar-refractivity contribution in [3.8, 4) is 5.75 Å². The van der Waals surface area contributed by atoms with Crippen LogP contribution in [-0.4, -0.2) is 30.5 Å². The van der Waals surface area contributed by atoms with Crippen LogP contribution in [0, 0.1) is 5.92 Å². The molecule has 2 rings (SSSR count). The van der Waals surface area contributed by atoms with Crippen LogP contribution in [-0.2, 0) is 6.54 Å². The van der Waals surface area contributed by atoms with Gasteiger partial charge in [0.05, 0.1) is 7.11 Å². The van der Waals surface area contributed by atoms with E-state index < -0.39 is 0 Å². The fraction of sp³-hybridized carbons (Fsp3) is 0.600. The molecule has 4 heteroatoms. The van der Waals surface area contributed by atoms with E-state index >= 15 is 0 Å². The van der Waals surface area contributed by atoms with Crippen molar-refractivity contribution >= 4 is 27.5 Å². The lowest BCUT2D eigenvalue weighted by Crippen LogP contribution is -2.35. The molecule has 1 aliphatic rings. The quantitative estimate of drug-likeness (QED) is 0.754. The predicted octanol–water partition coefficient (Wildman–Crippen LogP) is 4.30. The predicted molar refractivity (Wildman–Crippen MR) is 84.0 cm³/mol. The molecule has 106 valence electrons. The van der Waals surface area contributed by atoms with Crippen LogP contribution in [0.25, 0.3) is 0 Å². The molecule has 1 aromatic rings. The molecule has 0 amide bonds.